The van der Waals surface area contributed by atoms with Crippen LogP contribution in [-0.4, -0.2) is 21.0 Å². The largest absolute Gasteiger partial charge is 0.421 e. The van der Waals surface area contributed by atoms with Crippen LogP contribution in [0.3, 0.4) is 0 Å². The van der Waals surface area contributed by atoms with E-state index >= 15 is 0 Å². The van der Waals surface area contributed by atoms with Crippen molar-refractivity contribution < 1.29 is 13.2 Å². The van der Waals surface area contributed by atoms with Crippen LogP contribution < -0.4 is 10.6 Å². The molecule has 8 heteroatoms. The Morgan fingerprint density at radius 1 is 1.03 bits per heavy atom. The Kier molecular flexibility index (Phi) is 5.57. The summed E-state index contributed by atoms with van der Waals surface area (Å²) in [6.07, 6.45) is -0.0827. The molecule has 4 rings (SSSR count). The predicted octanol–water partition coefficient (Wildman–Crippen LogP) is 5.38. The van der Waals surface area contributed by atoms with Crippen LogP contribution in [0, 0.1) is 5.92 Å². The molecular weight excluding hydrogens is 391 g/mol. The van der Waals surface area contributed by atoms with Crippen LogP contribution in [0.1, 0.15) is 30.9 Å². The number of rotatable bonds is 6. The third kappa shape index (κ3) is 4.53. The van der Waals surface area contributed by atoms with Gasteiger partial charge in [-0.2, -0.15) is 18.2 Å². The normalized spacial score (nSPS) is 18.5. The summed E-state index contributed by atoms with van der Waals surface area (Å²) in [4.78, 5) is 12.3. The number of nitrogens with zero attached hydrogens (tertiary/aromatic N) is 3. The maximum atomic E-state index is 13.3. The lowest BCUT2D eigenvalue weighted by molar-refractivity contribution is -0.137. The minimum Gasteiger partial charge on any atom is -0.366 e. The van der Waals surface area contributed by atoms with Crippen LogP contribution in [-0.2, 0) is 12.7 Å². The van der Waals surface area contributed by atoms with Crippen molar-refractivity contribution in [3.63, 3.8) is 0 Å². The number of hydrogen-bond donors (Lipinski definition) is 2. The first-order chi connectivity index (χ1) is 14.4. The Morgan fingerprint density at radius 3 is 2.43 bits per heavy atom. The fraction of sp³-hybridized carbons (Fsp3) is 0.318. The van der Waals surface area contributed by atoms with Gasteiger partial charge in [0.1, 0.15) is 11.4 Å². The summed E-state index contributed by atoms with van der Waals surface area (Å²) in [7, 11) is 0. The highest BCUT2D eigenvalue weighted by atomic mass is 19.4. The smallest absolute Gasteiger partial charge is 0.366 e. The first kappa shape index (κ1) is 20.1. The summed E-state index contributed by atoms with van der Waals surface area (Å²) in [5.74, 6) is 0.323. The molecule has 2 aromatic heterocycles. The van der Waals surface area contributed by atoms with Crippen molar-refractivity contribution in [3.8, 4) is 11.3 Å². The fourth-order valence-corrected chi connectivity index (χ4v) is 3.35. The molecule has 1 aromatic carbocycles. The van der Waals surface area contributed by atoms with Gasteiger partial charge in [0.2, 0.25) is 5.95 Å². The van der Waals surface area contributed by atoms with Crippen LogP contribution in [0.15, 0.2) is 54.9 Å². The van der Waals surface area contributed by atoms with Gasteiger partial charge in [0.05, 0.1) is 5.69 Å². The zero-order valence-electron chi connectivity index (χ0n) is 16.4. The molecule has 156 valence electrons. The Bertz CT molecular complexity index is 990. The molecule has 0 aliphatic heterocycles. The van der Waals surface area contributed by atoms with Crippen molar-refractivity contribution in [2.45, 2.75) is 38.5 Å². The zero-order valence-corrected chi connectivity index (χ0v) is 16.4. The third-order valence-corrected chi connectivity index (χ3v) is 5.40. The van der Waals surface area contributed by atoms with E-state index in [2.05, 4.69) is 25.6 Å². The lowest BCUT2D eigenvalue weighted by Gasteiger charge is -2.35. The summed E-state index contributed by atoms with van der Waals surface area (Å²) < 4.78 is 40.0. The van der Waals surface area contributed by atoms with E-state index in [0.717, 1.165) is 35.9 Å². The molecular formula is C22H22F3N5. The molecule has 1 saturated carbocycles. The Hall–Kier alpha value is -3.16. The number of anilines is 2. The minimum atomic E-state index is -4.50. The summed E-state index contributed by atoms with van der Waals surface area (Å²) >= 11 is 0. The van der Waals surface area contributed by atoms with E-state index in [9.17, 15) is 13.2 Å². The standard InChI is InChI=1S/C22H22F3N5/c1-14-5-10-18(14)29-20-17(22(23,24)25)13-28-21(30-20)27-12-15-6-8-16(9-7-15)19-4-2-3-11-26-19/h2-4,6-9,11,13-14,18H,5,10,12H2,1H3,(H2,27,28,29,30)/t14-,18?/m0/s1. The molecule has 1 unspecified atom stereocenters. The highest BCUT2D eigenvalue weighted by molar-refractivity contribution is 5.59. The topological polar surface area (TPSA) is 62.7 Å². The molecule has 0 saturated heterocycles. The zero-order chi connectivity index (χ0) is 21.1. The van der Waals surface area contributed by atoms with Crippen LogP contribution in [0.4, 0.5) is 24.9 Å². The van der Waals surface area contributed by atoms with Crippen molar-refractivity contribution in [3.05, 3.63) is 66.0 Å². The van der Waals surface area contributed by atoms with E-state index in [-0.39, 0.29) is 17.8 Å². The summed E-state index contributed by atoms with van der Waals surface area (Å²) in [6, 6.07) is 13.5. The second-order valence-corrected chi connectivity index (χ2v) is 7.52. The van der Waals surface area contributed by atoms with Gasteiger partial charge < -0.3 is 10.6 Å². The number of hydrogen-bond acceptors (Lipinski definition) is 5. The molecule has 1 aliphatic carbocycles. The molecule has 3 aromatic rings. The van der Waals surface area contributed by atoms with E-state index in [1.165, 1.54) is 0 Å². The van der Waals surface area contributed by atoms with E-state index in [4.69, 9.17) is 0 Å². The van der Waals surface area contributed by atoms with Crippen molar-refractivity contribution in [2.75, 3.05) is 10.6 Å². The highest BCUT2D eigenvalue weighted by Gasteiger charge is 2.37. The monoisotopic (exact) mass is 413 g/mol. The van der Waals surface area contributed by atoms with Gasteiger partial charge >= 0.3 is 6.18 Å². The van der Waals surface area contributed by atoms with Crippen molar-refractivity contribution in [2.24, 2.45) is 5.92 Å². The second kappa shape index (κ2) is 8.30. The molecule has 1 aliphatic rings. The van der Waals surface area contributed by atoms with Gasteiger partial charge in [-0.15, -0.1) is 0 Å². The third-order valence-electron chi connectivity index (χ3n) is 5.40. The summed E-state index contributed by atoms with van der Waals surface area (Å²) in [5.41, 5.74) is 1.99. The molecule has 0 amide bonds. The molecule has 2 N–H and O–H groups in total. The van der Waals surface area contributed by atoms with Crippen LogP contribution >= 0.6 is 0 Å². The lowest BCUT2D eigenvalue weighted by Crippen LogP contribution is -2.37. The molecule has 30 heavy (non-hydrogen) atoms. The van der Waals surface area contributed by atoms with Gasteiger partial charge in [-0.25, -0.2) is 4.98 Å². The summed E-state index contributed by atoms with van der Waals surface area (Å²) in [5, 5.41) is 5.96. The molecule has 5 nitrogen and oxygen atoms in total. The number of nitrogens with one attached hydrogen (secondary N) is 2. The molecule has 0 spiro atoms. The van der Waals surface area contributed by atoms with Gasteiger partial charge in [0.15, 0.2) is 0 Å². The Labute approximate surface area is 172 Å². The fourth-order valence-electron chi connectivity index (χ4n) is 3.35. The van der Waals surface area contributed by atoms with Gasteiger partial charge in [0.25, 0.3) is 0 Å². The van der Waals surface area contributed by atoms with E-state index in [1.807, 2.05) is 49.4 Å². The second-order valence-electron chi connectivity index (χ2n) is 7.52. The first-order valence-electron chi connectivity index (χ1n) is 9.85. The molecule has 2 atom stereocenters. The minimum absolute atomic E-state index is 0.00740. The van der Waals surface area contributed by atoms with E-state index < -0.39 is 11.7 Å². The van der Waals surface area contributed by atoms with Gasteiger partial charge in [0, 0.05) is 30.5 Å². The maximum Gasteiger partial charge on any atom is 0.421 e. The number of pyridine rings is 1. The molecule has 0 bridgehead atoms. The SMILES string of the molecule is C[C@H]1CCC1Nc1nc(NCc2ccc(-c3ccccn3)cc2)ncc1C(F)(F)F. The quantitative estimate of drug-likeness (QED) is 0.568. The van der Waals surface area contributed by atoms with Gasteiger partial charge in [-0.1, -0.05) is 37.3 Å². The lowest BCUT2D eigenvalue weighted by atomic mass is 9.81. The van der Waals surface area contributed by atoms with Crippen molar-refractivity contribution in [1.29, 1.82) is 0 Å². The number of aromatic nitrogens is 3. The number of halogens is 3. The maximum absolute atomic E-state index is 13.3. The Morgan fingerprint density at radius 2 is 1.83 bits per heavy atom. The average Bonchev–Trinajstić information content (AvgIpc) is 2.75. The number of alkyl halides is 3. The first-order valence-corrected chi connectivity index (χ1v) is 9.85. The van der Waals surface area contributed by atoms with E-state index in [1.54, 1.807) is 6.20 Å². The Balaban J connectivity index is 1.46. The van der Waals surface area contributed by atoms with Gasteiger partial charge in [-0.05, 0) is 36.5 Å². The average molecular weight is 413 g/mol. The van der Waals surface area contributed by atoms with Crippen molar-refractivity contribution in [1.82, 2.24) is 15.0 Å². The van der Waals surface area contributed by atoms with Crippen LogP contribution in [0.25, 0.3) is 11.3 Å². The predicted molar refractivity (Wildman–Crippen MR) is 110 cm³/mol. The molecule has 2 heterocycles. The molecule has 1 fully saturated rings. The summed E-state index contributed by atoms with van der Waals surface area (Å²) in [6.45, 7) is 2.41. The number of benzene rings is 1. The van der Waals surface area contributed by atoms with Crippen LogP contribution in [0.2, 0.25) is 0 Å². The highest BCUT2D eigenvalue weighted by Crippen LogP contribution is 2.37. The molecule has 0 radical (unpaired) electrons. The van der Waals surface area contributed by atoms with Gasteiger partial charge in [-0.3, -0.25) is 4.98 Å². The van der Waals surface area contributed by atoms with Crippen molar-refractivity contribution >= 4 is 11.8 Å². The van der Waals surface area contributed by atoms with Crippen LogP contribution in [0.5, 0.6) is 0 Å². The van der Waals surface area contributed by atoms with E-state index in [0.29, 0.717) is 12.5 Å².